The van der Waals surface area contributed by atoms with Crippen molar-refractivity contribution in [2.75, 3.05) is 13.1 Å². The standard InChI is InChI=1S/C16H17N3O/c17-8-5-16(20)19-9-6-12(7-10-19)14-11-18-15-4-2-1-3-13(14)15/h1-4,11-12,18H,5-7,9-10H2. The van der Waals surface area contributed by atoms with E-state index in [9.17, 15) is 4.79 Å². The minimum atomic E-state index is -0.0372. The Kier molecular flexibility index (Phi) is 3.42. The Labute approximate surface area is 118 Å². The number of fused-ring (bicyclic) bond motifs is 1. The third-order valence-electron chi connectivity index (χ3n) is 4.14. The summed E-state index contributed by atoms with van der Waals surface area (Å²) in [7, 11) is 0. The number of piperidine rings is 1. The lowest BCUT2D eigenvalue weighted by Gasteiger charge is -2.31. The van der Waals surface area contributed by atoms with Crippen LogP contribution < -0.4 is 0 Å². The molecule has 1 aromatic heterocycles. The number of carbonyl (C=O) groups excluding carboxylic acids is 1. The third kappa shape index (κ3) is 2.27. The number of aromatic amines is 1. The molecule has 0 radical (unpaired) electrons. The molecule has 0 unspecified atom stereocenters. The Hall–Kier alpha value is -2.28. The third-order valence-corrected chi connectivity index (χ3v) is 4.14. The quantitative estimate of drug-likeness (QED) is 0.909. The molecular formula is C16H17N3O. The van der Waals surface area contributed by atoms with E-state index in [1.54, 1.807) is 0 Å². The number of amides is 1. The van der Waals surface area contributed by atoms with Crippen molar-refractivity contribution < 1.29 is 4.79 Å². The van der Waals surface area contributed by atoms with Crippen LogP contribution in [0.1, 0.15) is 30.7 Å². The van der Waals surface area contributed by atoms with Crippen molar-refractivity contribution in [3.8, 4) is 6.07 Å². The maximum atomic E-state index is 11.7. The zero-order valence-electron chi connectivity index (χ0n) is 11.3. The molecule has 1 aliphatic heterocycles. The highest BCUT2D eigenvalue weighted by molar-refractivity contribution is 5.83. The van der Waals surface area contributed by atoms with E-state index in [-0.39, 0.29) is 12.3 Å². The summed E-state index contributed by atoms with van der Waals surface area (Å²) in [5.41, 5.74) is 2.53. The van der Waals surface area contributed by atoms with Crippen LogP contribution in [0.3, 0.4) is 0 Å². The van der Waals surface area contributed by atoms with E-state index in [4.69, 9.17) is 5.26 Å². The molecule has 0 aliphatic carbocycles. The Morgan fingerprint density at radius 3 is 2.85 bits per heavy atom. The molecule has 1 saturated heterocycles. The topological polar surface area (TPSA) is 59.9 Å². The summed E-state index contributed by atoms with van der Waals surface area (Å²) in [6.07, 6.45) is 4.04. The van der Waals surface area contributed by atoms with Gasteiger partial charge in [-0.25, -0.2) is 0 Å². The van der Waals surface area contributed by atoms with E-state index in [1.165, 1.54) is 16.5 Å². The highest BCUT2D eigenvalue weighted by Crippen LogP contribution is 2.33. The van der Waals surface area contributed by atoms with Gasteiger partial charge in [0, 0.05) is 30.2 Å². The first-order chi connectivity index (χ1) is 9.79. The van der Waals surface area contributed by atoms with Gasteiger partial charge in [0.1, 0.15) is 6.42 Å². The van der Waals surface area contributed by atoms with E-state index < -0.39 is 0 Å². The lowest BCUT2D eigenvalue weighted by molar-refractivity contribution is -0.131. The molecule has 1 aliphatic rings. The van der Waals surface area contributed by atoms with Crippen LogP contribution in [0.25, 0.3) is 10.9 Å². The Bertz CT molecular complexity index is 660. The van der Waals surface area contributed by atoms with Crippen LogP contribution >= 0.6 is 0 Å². The van der Waals surface area contributed by atoms with Gasteiger partial charge in [-0.2, -0.15) is 5.26 Å². The molecule has 2 heterocycles. The number of hydrogen-bond donors (Lipinski definition) is 1. The maximum absolute atomic E-state index is 11.7. The molecular weight excluding hydrogens is 250 g/mol. The lowest BCUT2D eigenvalue weighted by atomic mass is 9.89. The van der Waals surface area contributed by atoms with Crippen LogP contribution in [0.5, 0.6) is 0 Å². The second-order valence-electron chi connectivity index (χ2n) is 5.28. The average molecular weight is 267 g/mol. The molecule has 1 aromatic carbocycles. The first kappa shape index (κ1) is 12.7. The molecule has 1 fully saturated rings. The monoisotopic (exact) mass is 267 g/mol. The molecule has 102 valence electrons. The molecule has 2 aromatic rings. The van der Waals surface area contributed by atoms with Crippen LogP contribution in [0.2, 0.25) is 0 Å². The van der Waals surface area contributed by atoms with Gasteiger partial charge in [-0.15, -0.1) is 0 Å². The second kappa shape index (κ2) is 5.38. The molecule has 1 amide bonds. The predicted molar refractivity (Wildman–Crippen MR) is 77.1 cm³/mol. The fourth-order valence-corrected chi connectivity index (χ4v) is 3.05. The summed E-state index contributed by atoms with van der Waals surface area (Å²) in [4.78, 5) is 16.8. The van der Waals surface area contributed by atoms with Gasteiger partial charge in [-0.1, -0.05) is 18.2 Å². The molecule has 1 N–H and O–H groups in total. The highest BCUT2D eigenvalue weighted by atomic mass is 16.2. The van der Waals surface area contributed by atoms with Crippen LogP contribution in [-0.2, 0) is 4.79 Å². The Balaban J connectivity index is 1.72. The molecule has 4 heteroatoms. The molecule has 20 heavy (non-hydrogen) atoms. The number of aromatic nitrogens is 1. The first-order valence-corrected chi connectivity index (χ1v) is 7.00. The number of nitrogens with zero attached hydrogens (tertiary/aromatic N) is 2. The maximum Gasteiger partial charge on any atom is 0.236 e. The number of nitriles is 1. The Morgan fingerprint density at radius 1 is 1.35 bits per heavy atom. The average Bonchev–Trinajstić information content (AvgIpc) is 2.92. The van der Waals surface area contributed by atoms with E-state index in [0.29, 0.717) is 5.92 Å². The summed E-state index contributed by atoms with van der Waals surface area (Å²) in [5.74, 6) is 0.460. The summed E-state index contributed by atoms with van der Waals surface area (Å²) < 4.78 is 0. The van der Waals surface area contributed by atoms with Gasteiger partial charge < -0.3 is 9.88 Å². The SMILES string of the molecule is N#CCC(=O)N1CCC(c2c[nH]c3ccccc23)CC1. The van der Waals surface area contributed by atoms with E-state index in [1.807, 2.05) is 17.0 Å². The second-order valence-corrected chi connectivity index (χ2v) is 5.28. The zero-order valence-corrected chi connectivity index (χ0v) is 11.3. The number of rotatable bonds is 2. The van der Waals surface area contributed by atoms with Crippen LogP contribution in [0.15, 0.2) is 30.5 Å². The van der Waals surface area contributed by atoms with Gasteiger partial charge in [0.15, 0.2) is 0 Å². The van der Waals surface area contributed by atoms with Gasteiger partial charge in [0.2, 0.25) is 5.91 Å². The summed E-state index contributed by atoms with van der Waals surface area (Å²) in [6.45, 7) is 1.51. The highest BCUT2D eigenvalue weighted by Gasteiger charge is 2.24. The fraction of sp³-hybridized carbons (Fsp3) is 0.375. The number of hydrogen-bond acceptors (Lipinski definition) is 2. The van der Waals surface area contributed by atoms with Crippen LogP contribution in [0.4, 0.5) is 0 Å². The summed E-state index contributed by atoms with van der Waals surface area (Å²) >= 11 is 0. The van der Waals surface area contributed by atoms with Crippen molar-refractivity contribution >= 4 is 16.8 Å². The Morgan fingerprint density at radius 2 is 2.10 bits per heavy atom. The van der Waals surface area contributed by atoms with E-state index in [0.717, 1.165) is 25.9 Å². The van der Waals surface area contributed by atoms with Crippen molar-refractivity contribution in [2.24, 2.45) is 0 Å². The van der Waals surface area contributed by atoms with Gasteiger partial charge in [-0.3, -0.25) is 4.79 Å². The van der Waals surface area contributed by atoms with Crippen molar-refractivity contribution in [1.29, 1.82) is 5.26 Å². The minimum Gasteiger partial charge on any atom is -0.361 e. The largest absolute Gasteiger partial charge is 0.361 e. The lowest BCUT2D eigenvalue weighted by Crippen LogP contribution is -2.37. The first-order valence-electron chi connectivity index (χ1n) is 7.00. The number of likely N-dealkylation sites (tertiary alicyclic amines) is 1. The summed E-state index contributed by atoms with van der Waals surface area (Å²) in [6, 6.07) is 10.3. The van der Waals surface area contributed by atoms with Gasteiger partial charge in [0.25, 0.3) is 0 Å². The van der Waals surface area contributed by atoms with E-state index in [2.05, 4.69) is 29.4 Å². The number of para-hydroxylation sites is 1. The van der Waals surface area contributed by atoms with Gasteiger partial charge in [-0.05, 0) is 30.4 Å². The van der Waals surface area contributed by atoms with Crippen LogP contribution in [0, 0.1) is 11.3 Å². The summed E-state index contributed by atoms with van der Waals surface area (Å²) in [5, 5.41) is 9.87. The van der Waals surface area contributed by atoms with Gasteiger partial charge in [0.05, 0.1) is 6.07 Å². The van der Waals surface area contributed by atoms with Crippen molar-refractivity contribution in [2.45, 2.75) is 25.2 Å². The molecule has 0 bridgehead atoms. The molecule has 3 rings (SSSR count). The predicted octanol–water partition coefficient (Wildman–Crippen LogP) is 2.79. The number of nitrogens with one attached hydrogen (secondary N) is 1. The molecule has 0 saturated carbocycles. The fourth-order valence-electron chi connectivity index (χ4n) is 3.05. The minimum absolute atomic E-state index is 0.00223. The molecule has 4 nitrogen and oxygen atoms in total. The number of H-pyrrole nitrogens is 1. The van der Waals surface area contributed by atoms with Crippen molar-refractivity contribution in [3.05, 3.63) is 36.0 Å². The van der Waals surface area contributed by atoms with Gasteiger partial charge >= 0.3 is 0 Å². The number of benzene rings is 1. The zero-order chi connectivity index (χ0) is 13.9. The normalized spacial score (nSPS) is 16.2. The smallest absolute Gasteiger partial charge is 0.236 e. The molecule has 0 spiro atoms. The van der Waals surface area contributed by atoms with Crippen molar-refractivity contribution in [3.63, 3.8) is 0 Å². The van der Waals surface area contributed by atoms with E-state index >= 15 is 0 Å². The molecule has 0 atom stereocenters. The number of carbonyl (C=O) groups is 1. The van der Waals surface area contributed by atoms with Crippen molar-refractivity contribution in [1.82, 2.24) is 9.88 Å². The van der Waals surface area contributed by atoms with Crippen LogP contribution in [-0.4, -0.2) is 28.9 Å².